The fourth-order valence-corrected chi connectivity index (χ4v) is 2.58. The molecule has 0 fully saturated rings. The fraction of sp³-hybridized carbons (Fsp3) is 0.364. The summed E-state index contributed by atoms with van der Waals surface area (Å²) in [6, 6.07) is 18.2. The molecule has 0 aliphatic rings. The lowest BCUT2D eigenvalue weighted by Crippen LogP contribution is -2.53. The molecule has 0 saturated heterocycles. The minimum Gasteiger partial charge on any atom is -0.484 e. The fourth-order valence-electron chi connectivity index (χ4n) is 2.58. The van der Waals surface area contributed by atoms with Gasteiger partial charge in [-0.2, -0.15) is 0 Å². The molecule has 0 aliphatic carbocycles. The van der Waals surface area contributed by atoms with E-state index in [2.05, 4.69) is 5.32 Å². The molecule has 2 rings (SSSR count). The number of rotatable bonds is 7. The van der Waals surface area contributed by atoms with Crippen LogP contribution >= 0.6 is 0 Å². The van der Waals surface area contributed by atoms with E-state index in [-0.39, 0.29) is 24.0 Å². The summed E-state index contributed by atoms with van der Waals surface area (Å²) in [7, 11) is 0. The van der Waals surface area contributed by atoms with E-state index in [0.29, 0.717) is 12.3 Å². The first-order valence-corrected chi connectivity index (χ1v) is 9.09. The Bertz CT molecular complexity index is 739. The predicted octanol–water partition coefficient (Wildman–Crippen LogP) is 3.40. The number of ether oxygens (including phenoxy) is 1. The Morgan fingerprint density at radius 1 is 1.00 bits per heavy atom. The molecule has 2 aromatic carbocycles. The zero-order valence-electron chi connectivity index (χ0n) is 16.4. The quantitative estimate of drug-likeness (QED) is 0.815. The molecule has 0 radical (unpaired) electrons. The first-order chi connectivity index (χ1) is 12.8. The molecule has 1 N–H and O–H groups in total. The van der Waals surface area contributed by atoms with Crippen molar-refractivity contribution in [2.75, 3.05) is 6.61 Å². The van der Waals surface area contributed by atoms with Gasteiger partial charge < -0.3 is 15.0 Å². The summed E-state index contributed by atoms with van der Waals surface area (Å²) >= 11 is 0. The number of hydrogen-bond donors (Lipinski definition) is 1. The molecule has 144 valence electrons. The number of carbonyl (C=O) groups is 2. The van der Waals surface area contributed by atoms with Crippen LogP contribution in [0.5, 0.6) is 5.75 Å². The van der Waals surface area contributed by atoms with E-state index in [1.54, 1.807) is 24.0 Å². The molecular weight excluding hydrogens is 340 g/mol. The highest BCUT2D eigenvalue weighted by Gasteiger charge is 2.28. The smallest absolute Gasteiger partial charge is 0.261 e. The number of hydrogen-bond acceptors (Lipinski definition) is 3. The molecular formula is C22H28N2O3. The minimum absolute atomic E-state index is 0.121. The Morgan fingerprint density at radius 3 is 2.11 bits per heavy atom. The van der Waals surface area contributed by atoms with Crippen molar-refractivity contribution >= 4 is 11.8 Å². The summed E-state index contributed by atoms with van der Waals surface area (Å²) in [5.74, 6) is 0.197. The van der Waals surface area contributed by atoms with Crippen LogP contribution in [0.1, 0.15) is 33.3 Å². The van der Waals surface area contributed by atoms with Crippen molar-refractivity contribution in [1.82, 2.24) is 10.2 Å². The summed E-state index contributed by atoms with van der Waals surface area (Å²) in [5.41, 5.74) is 0.592. The maximum absolute atomic E-state index is 12.9. The monoisotopic (exact) mass is 368 g/mol. The molecule has 0 aliphatic heterocycles. The summed E-state index contributed by atoms with van der Waals surface area (Å²) in [4.78, 5) is 27.0. The van der Waals surface area contributed by atoms with Gasteiger partial charge in [0.25, 0.3) is 5.91 Å². The third-order valence-electron chi connectivity index (χ3n) is 3.97. The maximum Gasteiger partial charge on any atom is 0.261 e. The predicted molar refractivity (Wildman–Crippen MR) is 106 cm³/mol. The molecule has 0 saturated carbocycles. The second-order valence-electron chi connectivity index (χ2n) is 7.52. The van der Waals surface area contributed by atoms with Crippen LogP contribution in [0.2, 0.25) is 0 Å². The zero-order chi connectivity index (χ0) is 19.9. The number of nitrogens with zero attached hydrogens (tertiary/aromatic N) is 1. The Labute approximate surface area is 161 Å². The Balaban J connectivity index is 2.12. The highest BCUT2D eigenvalue weighted by atomic mass is 16.5. The average Bonchev–Trinajstić information content (AvgIpc) is 2.64. The third-order valence-corrected chi connectivity index (χ3v) is 3.97. The number of benzene rings is 2. The van der Waals surface area contributed by atoms with Crippen LogP contribution in [0.3, 0.4) is 0 Å². The second-order valence-corrected chi connectivity index (χ2v) is 7.52. The van der Waals surface area contributed by atoms with Crippen LogP contribution in [0.15, 0.2) is 60.7 Å². The molecule has 0 bridgehead atoms. The Kier molecular flexibility index (Phi) is 6.99. The molecule has 2 amide bonds. The van der Waals surface area contributed by atoms with Crippen LogP contribution in [0, 0.1) is 0 Å². The second kappa shape index (κ2) is 9.21. The van der Waals surface area contributed by atoms with E-state index in [1.807, 2.05) is 69.3 Å². The molecule has 0 spiro atoms. The summed E-state index contributed by atoms with van der Waals surface area (Å²) in [6.45, 7) is 7.71. The molecule has 27 heavy (non-hydrogen) atoms. The lowest BCUT2D eigenvalue weighted by molar-refractivity contribution is -0.142. The van der Waals surface area contributed by atoms with E-state index in [1.165, 1.54) is 0 Å². The summed E-state index contributed by atoms with van der Waals surface area (Å²) in [5, 5.41) is 2.94. The molecule has 0 unspecified atom stereocenters. The van der Waals surface area contributed by atoms with Gasteiger partial charge in [-0.3, -0.25) is 9.59 Å². The number of amides is 2. The first-order valence-electron chi connectivity index (χ1n) is 9.09. The topological polar surface area (TPSA) is 58.6 Å². The van der Waals surface area contributed by atoms with Crippen molar-refractivity contribution in [3.8, 4) is 5.75 Å². The Hall–Kier alpha value is -2.82. The minimum atomic E-state index is -0.615. The summed E-state index contributed by atoms with van der Waals surface area (Å²) in [6.07, 6.45) is 0. The molecule has 5 heteroatoms. The van der Waals surface area contributed by atoms with E-state index in [4.69, 9.17) is 4.74 Å². The zero-order valence-corrected chi connectivity index (χ0v) is 16.4. The van der Waals surface area contributed by atoms with Gasteiger partial charge in [0.15, 0.2) is 6.61 Å². The molecule has 5 nitrogen and oxygen atoms in total. The van der Waals surface area contributed by atoms with Gasteiger partial charge >= 0.3 is 0 Å². The number of nitrogens with one attached hydrogen (secondary N) is 1. The molecule has 2 aromatic rings. The van der Waals surface area contributed by atoms with Gasteiger partial charge in [0, 0.05) is 12.1 Å². The lowest BCUT2D eigenvalue weighted by Gasteiger charge is -2.31. The van der Waals surface area contributed by atoms with Gasteiger partial charge in [0.2, 0.25) is 5.91 Å². The van der Waals surface area contributed by atoms with E-state index >= 15 is 0 Å². The van der Waals surface area contributed by atoms with Crippen molar-refractivity contribution in [3.63, 3.8) is 0 Å². The molecule has 0 heterocycles. The van der Waals surface area contributed by atoms with Crippen LogP contribution in [-0.2, 0) is 16.1 Å². The standard InChI is InChI=1S/C22H28N2O3/c1-17(21(26)23-22(2,3)4)24(15-18-11-7-5-8-12-18)20(25)16-27-19-13-9-6-10-14-19/h5-14,17H,15-16H2,1-4H3,(H,23,26)/t17-/m1/s1. The number of carbonyl (C=O) groups excluding carboxylic acids is 2. The van der Waals surface area contributed by atoms with E-state index in [0.717, 1.165) is 5.56 Å². The van der Waals surface area contributed by atoms with Gasteiger partial charge in [-0.25, -0.2) is 0 Å². The van der Waals surface area contributed by atoms with Gasteiger partial charge in [0.05, 0.1) is 0 Å². The maximum atomic E-state index is 12.9. The van der Waals surface area contributed by atoms with Crippen molar-refractivity contribution < 1.29 is 14.3 Å². The van der Waals surface area contributed by atoms with Gasteiger partial charge in [-0.05, 0) is 45.4 Å². The largest absolute Gasteiger partial charge is 0.484 e. The Morgan fingerprint density at radius 2 is 1.56 bits per heavy atom. The highest BCUT2D eigenvalue weighted by molar-refractivity contribution is 5.88. The van der Waals surface area contributed by atoms with E-state index in [9.17, 15) is 9.59 Å². The van der Waals surface area contributed by atoms with Crippen molar-refractivity contribution in [3.05, 3.63) is 66.2 Å². The van der Waals surface area contributed by atoms with Crippen LogP contribution in [0.4, 0.5) is 0 Å². The first kappa shape index (κ1) is 20.5. The van der Waals surface area contributed by atoms with Crippen LogP contribution < -0.4 is 10.1 Å². The molecule has 0 aromatic heterocycles. The average molecular weight is 368 g/mol. The van der Waals surface area contributed by atoms with Gasteiger partial charge in [-0.1, -0.05) is 48.5 Å². The SMILES string of the molecule is C[C@H](C(=O)NC(C)(C)C)N(Cc1ccccc1)C(=O)COc1ccccc1. The van der Waals surface area contributed by atoms with Crippen molar-refractivity contribution in [2.45, 2.75) is 45.8 Å². The van der Waals surface area contributed by atoms with Crippen molar-refractivity contribution in [2.24, 2.45) is 0 Å². The highest BCUT2D eigenvalue weighted by Crippen LogP contribution is 2.13. The third kappa shape index (κ3) is 6.77. The number of para-hydroxylation sites is 1. The normalized spacial score (nSPS) is 12.1. The van der Waals surface area contributed by atoms with Crippen LogP contribution in [0.25, 0.3) is 0 Å². The lowest BCUT2D eigenvalue weighted by atomic mass is 10.1. The van der Waals surface area contributed by atoms with Gasteiger partial charge in [-0.15, -0.1) is 0 Å². The van der Waals surface area contributed by atoms with Crippen molar-refractivity contribution in [1.29, 1.82) is 0 Å². The van der Waals surface area contributed by atoms with Crippen LogP contribution in [-0.4, -0.2) is 34.9 Å². The van der Waals surface area contributed by atoms with E-state index < -0.39 is 6.04 Å². The summed E-state index contributed by atoms with van der Waals surface area (Å²) < 4.78 is 5.59. The van der Waals surface area contributed by atoms with Gasteiger partial charge in [0.1, 0.15) is 11.8 Å². The molecule has 1 atom stereocenters.